The standard InChI is InChI=1S/C21H24FN3O2/c1-16-2-4-17(5-3-16)20(26)10-11-23-21(27)25-14-12-24(13-15-25)19-8-6-18(22)7-9-19/h2-9H,10-15H2,1H3,(H,23,27). The number of hydrogen-bond acceptors (Lipinski definition) is 3. The highest BCUT2D eigenvalue weighted by Crippen LogP contribution is 2.17. The van der Waals surface area contributed by atoms with Gasteiger partial charge in [-0.15, -0.1) is 0 Å². The highest BCUT2D eigenvalue weighted by molar-refractivity contribution is 5.96. The number of halogens is 1. The summed E-state index contributed by atoms with van der Waals surface area (Å²) in [4.78, 5) is 28.3. The van der Waals surface area contributed by atoms with Crippen molar-refractivity contribution in [3.05, 3.63) is 65.5 Å². The van der Waals surface area contributed by atoms with E-state index in [9.17, 15) is 14.0 Å². The third kappa shape index (κ3) is 5.06. The third-order valence-electron chi connectivity index (χ3n) is 4.76. The molecule has 0 aromatic heterocycles. The SMILES string of the molecule is Cc1ccc(C(=O)CCNC(=O)N2CCN(c3ccc(F)cc3)CC2)cc1. The highest BCUT2D eigenvalue weighted by atomic mass is 19.1. The molecule has 0 spiro atoms. The normalized spacial score (nSPS) is 14.1. The van der Waals surface area contributed by atoms with E-state index >= 15 is 0 Å². The number of aryl methyl sites for hydroxylation is 1. The van der Waals surface area contributed by atoms with E-state index in [4.69, 9.17) is 0 Å². The van der Waals surface area contributed by atoms with E-state index < -0.39 is 0 Å². The number of urea groups is 1. The molecule has 0 radical (unpaired) electrons. The minimum atomic E-state index is -0.253. The molecule has 0 atom stereocenters. The lowest BCUT2D eigenvalue weighted by molar-refractivity contribution is 0.0983. The van der Waals surface area contributed by atoms with Crippen LogP contribution in [0.2, 0.25) is 0 Å². The van der Waals surface area contributed by atoms with Crippen molar-refractivity contribution in [2.75, 3.05) is 37.6 Å². The van der Waals surface area contributed by atoms with E-state index in [0.29, 0.717) is 38.3 Å². The maximum absolute atomic E-state index is 13.0. The van der Waals surface area contributed by atoms with Crippen molar-refractivity contribution in [2.45, 2.75) is 13.3 Å². The minimum Gasteiger partial charge on any atom is -0.368 e. The van der Waals surface area contributed by atoms with Gasteiger partial charge in [0.15, 0.2) is 5.78 Å². The summed E-state index contributed by atoms with van der Waals surface area (Å²) >= 11 is 0. The number of amides is 2. The summed E-state index contributed by atoms with van der Waals surface area (Å²) in [7, 11) is 0. The largest absolute Gasteiger partial charge is 0.368 e. The number of carbonyl (C=O) groups excluding carboxylic acids is 2. The topological polar surface area (TPSA) is 52.7 Å². The van der Waals surface area contributed by atoms with Gasteiger partial charge in [0.05, 0.1) is 0 Å². The zero-order chi connectivity index (χ0) is 19.2. The van der Waals surface area contributed by atoms with Gasteiger partial charge < -0.3 is 15.1 Å². The average Bonchev–Trinajstić information content (AvgIpc) is 2.69. The summed E-state index contributed by atoms with van der Waals surface area (Å²) in [5.41, 5.74) is 2.74. The number of benzene rings is 2. The van der Waals surface area contributed by atoms with Gasteiger partial charge in [0.25, 0.3) is 0 Å². The van der Waals surface area contributed by atoms with Gasteiger partial charge in [-0.3, -0.25) is 4.79 Å². The summed E-state index contributed by atoms with van der Waals surface area (Å²) in [6.07, 6.45) is 0.282. The van der Waals surface area contributed by atoms with Gasteiger partial charge in [0, 0.05) is 50.4 Å². The Morgan fingerprint density at radius 3 is 2.22 bits per heavy atom. The molecule has 0 saturated carbocycles. The Hall–Kier alpha value is -2.89. The van der Waals surface area contributed by atoms with Crippen molar-refractivity contribution in [3.63, 3.8) is 0 Å². The molecule has 0 bridgehead atoms. The first-order chi connectivity index (χ1) is 13.0. The molecule has 2 aromatic rings. The molecule has 0 aliphatic carbocycles. The number of ketones is 1. The van der Waals surface area contributed by atoms with Gasteiger partial charge in [0.2, 0.25) is 0 Å². The Morgan fingerprint density at radius 1 is 0.963 bits per heavy atom. The molecular weight excluding hydrogens is 345 g/mol. The second-order valence-electron chi connectivity index (χ2n) is 6.72. The Bertz CT molecular complexity index is 782. The van der Waals surface area contributed by atoms with Gasteiger partial charge in [-0.25, -0.2) is 9.18 Å². The number of carbonyl (C=O) groups is 2. The van der Waals surface area contributed by atoms with Crippen molar-refractivity contribution >= 4 is 17.5 Å². The molecule has 142 valence electrons. The van der Waals surface area contributed by atoms with E-state index in [1.807, 2.05) is 31.2 Å². The molecule has 6 heteroatoms. The number of hydrogen-bond donors (Lipinski definition) is 1. The fourth-order valence-corrected chi connectivity index (χ4v) is 3.10. The highest BCUT2D eigenvalue weighted by Gasteiger charge is 2.21. The first-order valence-corrected chi connectivity index (χ1v) is 9.16. The summed E-state index contributed by atoms with van der Waals surface area (Å²) in [6, 6.07) is 13.7. The minimum absolute atomic E-state index is 0.0245. The van der Waals surface area contributed by atoms with Crippen LogP contribution >= 0.6 is 0 Å². The number of nitrogens with zero attached hydrogens (tertiary/aromatic N) is 2. The molecule has 1 aliphatic heterocycles. The second kappa shape index (κ2) is 8.66. The molecule has 1 aliphatic rings. The van der Waals surface area contributed by atoms with Crippen molar-refractivity contribution in [2.24, 2.45) is 0 Å². The maximum atomic E-state index is 13.0. The zero-order valence-corrected chi connectivity index (χ0v) is 15.5. The monoisotopic (exact) mass is 369 g/mol. The van der Waals surface area contributed by atoms with E-state index in [2.05, 4.69) is 10.2 Å². The van der Waals surface area contributed by atoms with Crippen molar-refractivity contribution in [1.82, 2.24) is 10.2 Å². The zero-order valence-electron chi connectivity index (χ0n) is 15.5. The summed E-state index contributed by atoms with van der Waals surface area (Å²) in [5, 5.41) is 2.82. The van der Waals surface area contributed by atoms with Gasteiger partial charge in [0.1, 0.15) is 5.82 Å². The van der Waals surface area contributed by atoms with Gasteiger partial charge in [-0.05, 0) is 31.2 Å². The van der Waals surface area contributed by atoms with Crippen LogP contribution in [-0.2, 0) is 0 Å². The number of Topliss-reactive ketones (excluding diaryl/α,β-unsaturated/α-hetero) is 1. The first kappa shape index (κ1) is 18.9. The van der Waals surface area contributed by atoms with Crippen LogP contribution in [0.25, 0.3) is 0 Å². The molecule has 1 N–H and O–H groups in total. The average molecular weight is 369 g/mol. The van der Waals surface area contributed by atoms with Crippen molar-refractivity contribution in [1.29, 1.82) is 0 Å². The molecule has 27 heavy (non-hydrogen) atoms. The number of piperazine rings is 1. The van der Waals surface area contributed by atoms with Gasteiger partial charge in [-0.2, -0.15) is 0 Å². The van der Waals surface area contributed by atoms with E-state index in [-0.39, 0.29) is 24.1 Å². The van der Waals surface area contributed by atoms with E-state index in [0.717, 1.165) is 11.3 Å². The lowest BCUT2D eigenvalue weighted by Crippen LogP contribution is -2.52. The number of rotatable bonds is 5. The van der Waals surface area contributed by atoms with Crippen LogP contribution in [0.5, 0.6) is 0 Å². The second-order valence-corrected chi connectivity index (χ2v) is 6.72. The van der Waals surface area contributed by atoms with Crippen LogP contribution in [0.4, 0.5) is 14.9 Å². The predicted molar refractivity (Wildman–Crippen MR) is 104 cm³/mol. The maximum Gasteiger partial charge on any atom is 0.317 e. The molecule has 1 fully saturated rings. The molecule has 2 aromatic carbocycles. The van der Waals surface area contributed by atoms with Crippen LogP contribution in [0, 0.1) is 12.7 Å². The fraction of sp³-hybridized carbons (Fsp3) is 0.333. The van der Waals surface area contributed by atoms with Crippen LogP contribution in [0.3, 0.4) is 0 Å². The number of nitrogens with one attached hydrogen (secondary N) is 1. The Morgan fingerprint density at radius 2 is 1.59 bits per heavy atom. The quantitative estimate of drug-likeness (QED) is 0.824. The summed E-state index contributed by atoms with van der Waals surface area (Å²) in [6.45, 7) is 4.88. The molecule has 3 rings (SSSR count). The fourth-order valence-electron chi connectivity index (χ4n) is 3.10. The van der Waals surface area contributed by atoms with E-state index in [1.54, 1.807) is 17.0 Å². The molecule has 1 saturated heterocycles. The van der Waals surface area contributed by atoms with Gasteiger partial charge in [-0.1, -0.05) is 29.8 Å². The van der Waals surface area contributed by atoms with Crippen LogP contribution in [0.15, 0.2) is 48.5 Å². The van der Waals surface area contributed by atoms with E-state index in [1.165, 1.54) is 12.1 Å². The molecule has 1 heterocycles. The third-order valence-corrected chi connectivity index (χ3v) is 4.76. The van der Waals surface area contributed by atoms with Crippen LogP contribution < -0.4 is 10.2 Å². The van der Waals surface area contributed by atoms with Crippen LogP contribution in [-0.4, -0.2) is 49.4 Å². The lowest BCUT2D eigenvalue weighted by atomic mass is 10.1. The summed E-state index contributed by atoms with van der Waals surface area (Å²) in [5.74, 6) is -0.228. The molecule has 2 amide bonds. The smallest absolute Gasteiger partial charge is 0.317 e. The molecule has 5 nitrogen and oxygen atoms in total. The Kier molecular flexibility index (Phi) is 6.06. The van der Waals surface area contributed by atoms with Crippen LogP contribution in [0.1, 0.15) is 22.3 Å². The van der Waals surface area contributed by atoms with Gasteiger partial charge >= 0.3 is 6.03 Å². The Balaban J connectivity index is 1.41. The first-order valence-electron chi connectivity index (χ1n) is 9.16. The Labute approximate surface area is 158 Å². The summed E-state index contributed by atoms with van der Waals surface area (Å²) < 4.78 is 13.0. The predicted octanol–water partition coefficient (Wildman–Crippen LogP) is 3.24. The lowest BCUT2D eigenvalue weighted by Gasteiger charge is -2.36. The van der Waals surface area contributed by atoms with Crippen molar-refractivity contribution < 1.29 is 14.0 Å². The van der Waals surface area contributed by atoms with Crippen molar-refractivity contribution in [3.8, 4) is 0 Å². The molecule has 0 unspecified atom stereocenters. The number of anilines is 1. The molecular formula is C21H24FN3O2.